The van der Waals surface area contributed by atoms with Crippen molar-refractivity contribution in [3.63, 3.8) is 0 Å². The van der Waals surface area contributed by atoms with E-state index in [2.05, 4.69) is 27.6 Å². The van der Waals surface area contributed by atoms with E-state index in [-0.39, 0.29) is 5.91 Å². The Hall–Kier alpha value is -3.32. The SMILES string of the molecule is CCCn1cc(CN=C(NC(=O)c2ccc(Cl)cc2)Nc2cccc(OC)c2)c(C)n1. The van der Waals surface area contributed by atoms with Crippen molar-refractivity contribution in [2.45, 2.75) is 33.4 Å². The summed E-state index contributed by atoms with van der Waals surface area (Å²) in [5, 5.41) is 11.1. The number of aryl methyl sites for hydroxylation is 2. The van der Waals surface area contributed by atoms with Crippen LogP contribution in [0.4, 0.5) is 5.69 Å². The third kappa shape index (κ3) is 6.33. The van der Waals surface area contributed by atoms with E-state index in [1.54, 1.807) is 31.4 Å². The molecule has 2 N–H and O–H groups in total. The van der Waals surface area contributed by atoms with Crippen LogP contribution in [0.2, 0.25) is 5.02 Å². The molecule has 1 heterocycles. The maximum atomic E-state index is 12.7. The third-order valence-corrected chi connectivity index (χ3v) is 4.83. The van der Waals surface area contributed by atoms with Crippen molar-refractivity contribution >= 4 is 29.2 Å². The summed E-state index contributed by atoms with van der Waals surface area (Å²) in [6.45, 7) is 5.30. The highest BCUT2D eigenvalue weighted by molar-refractivity contribution is 6.30. The molecule has 3 aromatic rings. The molecule has 7 nitrogen and oxygen atoms in total. The lowest BCUT2D eigenvalue weighted by Gasteiger charge is -2.13. The number of amides is 1. The van der Waals surface area contributed by atoms with Gasteiger partial charge in [0.15, 0.2) is 0 Å². The van der Waals surface area contributed by atoms with Gasteiger partial charge in [-0.25, -0.2) is 4.99 Å². The zero-order chi connectivity index (χ0) is 22.2. The Labute approximate surface area is 187 Å². The number of hydrogen-bond donors (Lipinski definition) is 2. The number of hydrogen-bond acceptors (Lipinski definition) is 4. The van der Waals surface area contributed by atoms with E-state index in [1.807, 2.05) is 42.1 Å². The lowest BCUT2D eigenvalue weighted by atomic mass is 10.2. The Morgan fingerprint density at radius 2 is 2.00 bits per heavy atom. The summed E-state index contributed by atoms with van der Waals surface area (Å²) in [6, 6.07) is 14.1. The summed E-state index contributed by atoms with van der Waals surface area (Å²) in [5.41, 5.74) is 3.14. The first kappa shape index (κ1) is 22.4. The molecular weight excluding hydrogens is 414 g/mol. The van der Waals surface area contributed by atoms with Crippen molar-refractivity contribution in [1.82, 2.24) is 15.1 Å². The molecule has 0 saturated carbocycles. The monoisotopic (exact) mass is 439 g/mol. The van der Waals surface area contributed by atoms with Crippen LogP contribution in [-0.4, -0.2) is 28.8 Å². The number of nitrogens with one attached hydrogen (secondary N) is 2. The van der Waals surface area contributed by atoms with Crippen LogP contribution >= 0.6 is 11.6 Å². The van der Waals surface area contributed by atoms with Crippen molar-refractivity contribution in [3.8, 4) is 5.75 Å². The topological polar surface area (TPSA) is 80.5 Å². The normalized spacial score (nSPS) is 11.3. The van der Waals surface area contributed by atoms with Crippen LogP contribution in [0, 0.1) is 6.92 Å². The fraction of sp³-hybridized carbons (Fsp3) is 0.261. The van der Waals surface area contributed by atoms with Gasteiger partial charge in [0.05, 0.1) is 19.3 Å². The number of benzene rings is 2. The predicted octanol–water partition coefficient (Wildman–Crippen LogP) is 4.66. The largest absolute Gasteiger partial charge is 0.497 e. The minimum atomic E-state index is -0.288. The highest BCUT2D eigenvalue weighted by Crippen LogP contribution is 2.17. The predicted molar refractivity (Wildman–Crippen MR) is 124 cm³/mol. The van der Waals surface area contributed by atoms with Crippen molar-refractivity contribution in [2.75, 3.05) is 12.4 Å². The van der Waals surface area contributed by atoms with Gasteiger partial charge >= 0.3 is 0 Å². The van der Waals surface area contributed by atoms with Gasteiger partial charge in [-0.05, 0) is 49.7 Å². The number of carbonyl (C=O) groups excluding carboxylic acids is 1. The molecule has 8 heteroatoms. The third-order valence-electron chi connectivity index (χ3n) is 4.58. The molecule has 0 bridgehead atoms. The van der Waals surface area contributed by atoms with Gasteiger partial charge in [-0.3, -0.25) is 14.8 Å². The van der Waals surface area contributed by atoms with Crippen LogP contribution in [0.3, 0.4) is 0 Å². The number of rotatable bonds is 7. The number of guanidine groups is 1. The Morgan fingerprint density at radius 1 is 1.23 bits per heavy atom. The molecule has 162 valence electrons. The highest BCUT2D eigenvalue weighted by atomic mass is 35.5. The van der Waals surface area contributed by atoms with Gasteiger partial charge < -0.3 is 10.1 Å². The Kier molecular flexibility index (Phi) is 7.67. The molecular formula is C23H26ClN5O2. The Morgan fingerprint density at radius 3 is 2.71 bits per heavy atom. The summed E-state index contributed by atoms with van der Waals surface area (Å²) in [4.78, 5) is 17.3. The summed E-state index contributed by atoms with van der Waals surface area (Å²) in [5.74, 6) is 0.741. The molecule has 3 rings (SSSR count). The maximum absolute atomic E-state index is 12.7. The van der Waals surface area contributed by atoms with Crippen molar-refractivity contribution in [1.29, 1.82) is 0 Å². The maximum Gasteiger partial charge on any atom is 0.257 e. The lowest BCUT2D eigenvalue weighted by Crippen LogP contribution is -2.36. The second-order valence-corrected chi connectivity index (χ2v) is 7.42. The second-order valence-electron chi connectivity index (χ2n) is 6.99. The first-order chi connectivity index (χ1) is 15.0. The number of anilines is 1. The fourth-order valence-electron chi connectivity index (χ4n) is 2.95. The highest BCUT2D eigenvalue weighted by Gasteiger charge is 2.11. The quantitative estimate of drug-likeness (QED) is 0.414. The molecule has 31 heavy (non-hydrogen) atoms. The van der Waals surface area contributed by atoms with Gasteiger partial charge in [-0.2, -0.15) is 5.10 Å². The molecule has 0 spiro atoms. The number of nitrogens with zero attached hydrogens (tertiary/aromatic N) is 3. The fourth-order valence-corrected chi connectivity index (χ4v) is 3.08. The van der Waals surface area contributed by atoms with Gasteiger partial charge in [0.2, 0.25) is 5.96 Å². The van der Waals surface area contributed by atoms with E-state index >= 15 is 0 Å². The molecule has 0 aliphatic heterocycles. The van der Waals surface area contributed by atoms with E-state index in [0.29, 0.717) is 28.8 Å². The molecule has 0 aliphatic carbocycles. The molecule has 1 amide bonds. The zero-order valence-electron chi connectivity index (χ0n) is 17.9. The molecule has 0 fully saturated rings. The van der Waals surface area contributed by atoms with Gasteiger partial charge in [0, 0.05) is 40.6 Å². The molecule has 1 aromatic heterocycles. The van der Waals surface area contributed by atoms with Crippen LogP contribution in [0.5, 0.6) is 5.75 Å². The summed E-state index contributed by atoms with van der Waals surface area (Å²) in [6.07, 6.45) is 3.00. The lowest BCUT2D eigenvalue weighted by molar-refractivity contribution is 0.0977. The average Bonchev–Trinajstić information content (AvgIpc) is 3.12. The summed E-state index contributed by atoms with van der Waals surface area (Å²) < 4.78 is 7.20. The van der Waals surface area contributed by atoms with E-state index in [9.17, 15) is 4.79 Å². The van der Waals surface area contributed by atoms with E-state index in [0.717, 1.165) is 29.9 Å². The number of carbonyl (C=O) groups is 1. The molecule has 0 unspecified atom stereocenters. The van der Waals surface area contributed by atoms with Crippen molar-refractivity contribution in [2.24, 2.45) is 4.99 Å². The van der Waals surface area contributed by atoms with Crippen LogP contribution in [0.1, 0.15) is 35.0 Å². The van der Waals surface area contributed by atoms with E-state index in [4.69, 9.17) is 16.3 Å². The van der Waals surface area contributed by atoms with Crippen molar-refractivity contribution in [3.05, 3.63) is 76.6 Å². The Bertz CT molecular complexity index is 1060. The number of aromatic nitrogens is 2. The molecule has 0 radical (unpaired) electrons. The molecule has 0 saturated heterocycles. The average molecular weight is 440 g/mol. The molecule has 0 aliphatic rings. The number of methoxy groups -OCH3 is 1. The van der Waals surface area contributed by atoms with E-state index in [1.165, 1.54) is 0 Å². The first-order valence-electron chi connectivity index (χ1n) is 10.0. The van der Waals surface area contributed by atoms with Crippen LogP contribution in [0.25, 0.3) is 0 Å². The van der Waals surface area contributed by atoms with Gasteiger partial charge in [0.1, 0.15) is 5.75 Å². The van der Waals surface area contributed by atoms with E-state index < -0.39 is 0 Å². The van der Waals surface area contributed by atoms with Crippen molar-refractivity contribution < 1.29 is 9.53 Å². The van der Waals surface area contributed by atoms with Gasteiger partial charge in [-0.15, -0.1) is 0 Å². The number of halogens is 1. The molecule has 0 atom stereocenters. The number of aliphatic imine (C=N–C) groups is 1. The van der Waals surface area contributed by atoms with Crippen LogP contribution < -0.4 is 15.4 Å². The zero-order valence-corrected chi connectivity index (χ0v) is 18.6. The second kappa shape index (κ2) is 10.6. The standard InChI is InChI=1S/C23H26ClN5O2/c1-4-12-29-15-18(16(2)28-29)14-25-23(26-20-6-5-7-21(13-20)31-3)27-22(30)17-8-10-19(24)11-9-17/h5-11,13,15H,4,12,14H2,1-3H3,(H2,25,26,27,30). The summed E-state index contributed by atoms with van der Waals surface area (Å²) in [7, 11) is 1.60. The minimum absolute atomic E-state index is 0.288. The smallest absolute Gasteiger partial charge is 0.257 e. The molecule has 2 aromatic carbocycles. The van der Waals surface area contributed by atoms with Crippen LogP contribution in [-0.2, 0) is 13.1 Å². The van der Waals surface area contributed by atoms with Gasteiger partial charge in [-0.1, -0.05) is 24.6 Å². The first-order valence-corrected chi connectivity index (χ1v) is 10.4. The van der Waals surface area contributed by atoms with Crippen LogP contribution in [0.15, 0.2) is 59.7 Å². The summed E-state index contributed by atoms with van der Waals surface area (Å²) >= 11 is 5.93. The minimum Gasteiger partial charge on any atom is -0.497 e. The van der Waals surface area contributed by atoms with Gasteiger partial charge in [0.25, 0.3) is 5.91 Å². The Balaban J connectivity index is 1.82. The number of ether oxygens (including phenoxy) is 1.